The van der Waals surface area contributed by atoms with Gasteiger partial charge in [0.05, 0.1) is 0 Å². The highest BCUT2D eigenvalue weighted by Crippen LogP contribution is 2.24. The van der Waals surface area contributed by atoms with E-state index in [-0.39, 0.29) is 0 Å². The van der Waals surface area contributed by atoms with Gasteiger partial charge in [0, 0.05) is 36.1 Å². The molecule has 0 N–H and O–H groups in total. The summed E-state index contributed by atoms with van der Waals surface area (Å²) in [6, 6.07) is 18.2. The van der Waals surface area contributed by atoms with Gasteiger partial charge in [-0.3, -0.25) is 0 Å². The Kier molecular flexibility index (Phi) is 8.05. The number of benzene rings is 2. The van der Waals surface area contributed by atoms with Crippen LogP contribution in [-0.4, -0.2) is 7.25 Å². The SMILES string of the molecule is CCc1cc(-c2ccc(C)cc2)cc(CC)[n+]1-c1c(C)cc(C)cc1C.F[B-](F)(F)F. The van der Waals surface area contributed by atoms with E-state index in [0.29, 0.717) is 0 Å². The molecule has 0 atom stereocenters. The topological polar surface area (TPSA) is 3.88 Å². The molecule has 1 heterocycles. The summed E-state index contributed by atoms with van der Waals surface area (Å²) in [4.78, 5) is 0. The number of nitrogens with zero attached hydrogens (tertiary/aromatic N) is 1. The second-order valence-electron chi connectivity index (χ2n) is 7.88. The number of pyridine rings is 1. The third-order valence-corrected chi connectivity index (χ3v) is 5.19. The van der Waals surface area contributed by atoms with E-state index in [1.807, 2.05) is 0 Å². The maximum atomic E-state index is 9.75. The molecule has 0 bridgehead atoms. The standard InChI is InChI=1S/C25H30N.BF4/c1-7-23-15-22(21-11-9-17(3)10-12-21)16-24(8-2)26(23)25-19(5)13-18(4)14-20(25)6;2-1(3,4)5/h9-16H,7-8H2,1-6H3;/q+1;-1. The van der Waals surface area contributed by atoms with E-state index in [2.05, 4.69) is 94.6 Å². The smallest absolute Gasteiger partial charge is 0.418 e. The fourth-order valence-corrected chi connectivity index (χ4v) is 3.96. The lowest BCUT2D eigenvalue weighted by Crippen LogP contribution is -2.41. The summed E-state index contributed by atoms with van der Waals surface area (Å²) in [7, 11) is -6.00. The van der Waals surface area contributed by atoms with Gasteiger partial charge in [0.2, 0.25) is 5.69 Å². The highest BCUT2D eigenvalue weighted by atomic mass is 19.5. The third-order valence-electron chi connectivity index (χ3n) is 5.19. The van der Waals surface area contributed by atoms with Crippen LogP contribution >= 0.6 is 0 Å². The molecule has 0 aliphatic carbocycles. The Labute approximate surface area is 182 Å². The highest BCUT2D eigenvalue weighted by Gasteiger charge is 2.24. The molecule has 6 heteroatoms. The molecule has 166 valence electrons. The van der Waals surface area contributed by atoms with Crippen LogP contribution in [0.15, 0.2) is 48.5 Å². The van der Waals surface area contributed by atoms with Crippen molar-refractivity contribution in [2.75, 3.05) is 0 Å². The summed E-state index contributed by atoms with van der Waals surface area (Å²) in [5, 5.41) is 0. The second-order valence-corrected chi connectivity index (χ2v) is 7.88. The summed E-state index contributed by atoms with van der Waals surface area (Å²) >= 11 is 0. The van der Waals surface area contributed by atoms with Gasteiger partial charge in [0.25, 0.3) is 0 Å². The largest absolute Gasteiger partial charge is 0.673 e. The number of aromatic nitrogens is 1. The molecule has 0 aliphatic heterocycles. The van der Waals surface area contributed by atoms with E-state index in [9.17, 15) is 17.3 Å². The number of hydrogen-bond acceptors (Lipinski definition) is 0. The van der Waals surface area contributed by atoms with Crippen LogP contribution in [0.3, 0.4) is 0 Å². The molecule has 3 aromatic rings. The molecule has 0 amide bonds. The first-order valence-electron chi connectivity index (χ1n) is 10.5. The van der Waals surface area contributed by atoms with Crippen LogP contribution < -0.4 is 4.57 Å². The number of hydrogen-bond donors (Lipinski definition) is 0. The average Bonchev–Trinajstić information content (AvgIpc) is 2.66. The van der Waals surface area contributed by atoms with E-state index in [1.54, 1.807) is 0 Å². The lowest BCUT2D eigenvalue weighted by molar-refractivity contribution is -0.613. The fourth-order valence-electron chi connectivity index (χ4n) is 3.96. The normalized spacial score (nSPS) is 11.2. The van der Waals surface area contributed by atoms with Crippen LogP contribution in [0.25, 0.3) is 16.8 Å². The Hall–Kier alpha value is -2.63. The molecule has 0 saturated carbocycles. The molecule has 0 spiro atoms. The zero-order valence-electron chi connectivity index (χ0n) is 19.1. The molecule has 2 aromatic carbocycles. The Morgan fingerprint density at radius 1 is 0.645 bits per heavy atom. The van der Waals surface area contributed by atoms with Gasteiger partial charge in [-0.2, -0.15) is 4.57 Å². The Morgan fingerprint density at radius 2 is 1.06 bits per heavy atom. The molecule has 1 nitrogen and oxygen atoms in total. The van der Waals surface area contributed by atoms with Crippen molar-refractivity contribution in [2.24, 2.45) is 0 Å². The molecule has 0 radical (unpaired) electrons. The Balaban J connectivity index is 0.000000614. The van der Waals surface area contributed by atoms with Crippen molar-refractivity contribution in [3.05, 3.63) is 82.2 Å². The molecule has 0 aliphatic rings. The van der Waals surface area contributed by atoms with Crippen LogP contribution in [0, 0.1) is 27.7 Å². The molecular weight excluding hydrogens is 401 g/mol. The van der Waals surface area contributed by atoms with E-state index >= 15 is 0 Å². The van der Waals surface area contributed by atoms with Gasteiger partial charge >= 0.3 is 7.25 Å². The van der Waals surface area contributed by atoms with Gasteiger partial charge in [0.1, 0.15) is 0 Å². The first kappa shape index (κ1) is 24.6. The molecule has 0 fully saturated rings. The molecule has 0 saturated heterocycles. The lowest BCUT2D eigenvalue weighted by Gasteiger charge is -2.14. The second kappa shape index (κ2) is 10.1. The van der Waals surface area contributed by atoms with Gasteiger partial charge in [-0.05, 0) is 51.0 Å². The molecular formula is C25H30BF4N. The minimum absolute atomic E-state index is 1.01. The number of halogens is 4. The van der Waals surface area contributed by atoms with E-state index in [4.69, 9.17) is 0 Å². The minimum atomic E-state index is -6.00. The van der Waals surface area contributed by atoms with Crippen molar-refractivity contribution in [3.8, 4) is 16.8 Å². The van der Waals surface area contributed by atoms with Crippen molar-refractivity contribution in [1.82, 2.24) is 0 Å². The zero-order valence-corrected chi connectivity index (χ0v) is 19.1. The predicted octanol–water partition coefficient (Wildman–Crippen LogP) is 7.29. The van der Waals surface area contributed by atoms with E-state index in [0.717, 1.165) is 12.8 Å². The van der Waals surface area contributed by atoms with E-state index < -0.39 is 7.25 Å². The summed E-state index contributed by atoms with van der Waals surface area (Å²) in [6.07, 6.45) is 2.03. The van der Waals surface area contributed by atoms with Crippen LogP contribution in [0.5, 0.6) is 0 Å². The van der Waals surface area contributed by atoms with Gasteiger partial charge < -0.3 is 17.3 Å². The van der Waals surface area contributed by atoms with Gasteiger partial charge in [-0.25, -0.2) is 0 Å². The van der Waals surface area contributed by atoms with Crippen LogP contribution in [0.1, 0.15) is 47.5 Å². The minimum Gasteiger partial charge on any atom is -0.418 e. The maximum Gasteiger partial charge on any atom is 0.673 e. The maximum absolute atomic E-state index is 9.75. The Bertz CT molecular complexity index is 986. The van der Waals surface area contributed by atoms with Crippen LogP contribution in [-0.2, 0) is 12.8 Å². The monoisotopic (exact) mass is 431 g/mol. The summed E-state index contributed by atoms with van der Waals surface area (Å²) in [5.74, 6) is 0. The van der Waals surface area contributed by atoms with Crippen LogP contribution in [0.2, 0.25) is 0 Å². The van der Waals surface area contributed by atoms with Crippen molar-refractivity contribution >= 4 is 7.25 Å². The molecule has 0 unspecified atom stereocenters. The zero-order chi connectivity index (χ0) is 23.3. The predicted molar refractivity (Wildman–Crippen MR) is 121 cm³/mol. The number of aryl methyl sites for hydroxylation is 6. The van der Waals surface area contributed by atoms with Crippen molar-refractivity contribution in [3.63, 3.8) is 0 Å². The summed E-state index contributed by atoms with van der Waals surface area (Å²) in [5.41, 5.74) is 12.0. The van der Waals surface area contributed by atoms with Crippen molar-refractivity contribution in [2.45, 2.75) is 54.4 Å². The number of rotatable bonds is 4. The van der Waals surface area contributed by atoms with Gasteiger partial charge in [-0.1, -0.05) is 49.2 Å². The quantitative estimate of drug-likeness (QED) is 0.232. The lowest BCUT2D eigenvalue weighted by atomic mass is 9.99. The Morgan fingerprint density at radius 3 is 1.45 bits per heavy atom. The van der Waals surface area contributed by atoms with E-state index in [1.165, 1.54) is 50.5 Å². The average molecular weight is 431 g/mol. The van der Waals surface area contributed by atoms with Gasteiger partial charge in [-0.15, -0.1) is 0 Å². The van der Waals surface area contributed by atoms with Gasteiger partial charge in [0.15, 0.2) is 11.4 Å². The molecule has 1 aromatic heterocycles. The van der Waals surface area contributed by atoms with Crippen molar-refractivity contribution < 1.29 is 21.8 Å². The summed E-state index contributed by atoms with van der Waals surface area (Å²) < 4.78 is 41.5. The highest BCUT2D eigenvalue weighted by molar-refractivity contribution is 6.50. The summed E-state index contributed by atoms with van der Waals surface area (Å²) in [6.45, 7) is 13.3. The molecule has 3 rings (SSSR count). The fraction of sp³-hybridized carbons (Fsp3) is 0.320. The van der Waals surface area contributed by atoms with Crippen LogP contribution in [0.4, 0.5) is 17.3 Å². The first-order valence-corrected chi connectivity index (χ1v) is 10.5. The van der Waals surface area contributed by atoms with Crippen molar-refractivity contribution in [1.29, 1.82) is 0 Å². The first-order chi connectivity index (χ1) is 14.4. The third kappa shape index (κ3) is 6.68. The molecule has 31 heavy (non-hydrogen) atoms.